The largest absolute Gasteiger partial charge is 0.377 e. The topological polar surface area (TPSA) is 49.8 Å². The van der Waals surface area contributed by atoms with Crippen LogP contribution >= 0.6 is 0 Å². The summed E-state index contributed by atoms with van der Waals surface area (Å²) in [5.41, 5.74) is 1.47. The summed E-state index contributed by atoms with van der Waals surface area (Å²) in [6.45, 7) is 0.418. The molecule has 2 atom stereocenters. The Labute approximate surface area is 158 Å². The van der Waals surface area contributed by atoms with E-state index in [0.29, 0.717) is 23.4 Å². The Morgan fingerprint density at radius 2 is 1.52 bits per heavy atom. The lowest BCUT2D eigenvalue weighted by atomic mass is 9.77. The van der Waals surface area contributed by atoms with Gasteiger partial charge in [0.1, 0.15) is 0 Å². The van der Waals surface area contributed by atoms with Gasteiger partial charge in [0.25, 0.3) is 5.91 Å². The number of nitrogens with zero attached hydrogens (tertiary/aromatic N) is 1. The molecule has 0 radical (unpaired) electrons. The maximum absolute atomic E-state index is 13.4. The van der Waals surface area contributed by atoms with Gasteiger partial charge in [0.15, 0.2) is 11.7 Å². The van der Waals surface area contributed by atoms with Gasteiger partial charge in [-0.1, -0.05) is 78.9 Å². The zero-order valence-corrected chi connectivity index (χ0v) is 15.1. The quantitative estimate of drug-likeness (QED) is 0.776. The standard InChI is InChI=1S/C23H21NO3/c1-27-21-22(25)24(16-17-10-4-2-5-11-17)20-15-9-8-14-19(20)23(21,26)18-12-6-3-7-13-18/h2-15,21,26H,16H2,1H3. The van der Waals surface area contributed by atoms with E-state index in [1.165, 1.54) is 7.11 Å². The molecule has 0 aromatic heterocycles. The van der Waals surface area contributed by atoms with Crippen molar-refractivity contribution in [2.75, 3.05) is 12.0 Å². The van der Waals surface area contributed by atoms with Crippen LogP contribution in [-0.4, -0.2) is 24.2 Å². The van der Waals surface area contributed by atoms with Crippen LogP contribution in [0.15, 0.2) is 84.9 Å². The van der Waals surface area contributed by atoms with Crippen molar-refractivity contribution in [3.8, 4) is 0 Å². The van der Waals surface area contributed by atoms with E-state index >= 15 is 0 Å². The minimum absolute atomic E-state index is 0.258. The first-order chi connectivity index (χ1) is 13.2. The van der Waals surface area contributed by atoms with Crippen molar-refractivity contribution in [3.05, 3.63) is 102 Å². The van der Waals surface area contributed by atoms with Gasteiger partial charge in [-0.05, 0) is 17.2 Å². The third-order valence-corrected chi connectivity index (χ3v) is 5.11. The van der Waals surface area contributed by atoms with Gasteiger partial charge in [-0.25, -0.2) is 0 Å². The lowest BCUT2D eigenvalue weighted by Crippen LogP contribution is -2.57. The summed E-state index contributed by atoms with van der Waals surface area (Å²) in [5, 5.41) is 11.7. The summed E-state index contributed by atoms with van der Waals surface area (Å²) < 4.78 is 5.56. The van der Waals surface area contributed by atoms with Gasteiger partial charge in [-0.2, -0.15) is 0 Å². The second-order valence-corrected chi connectivity index (χ2v) is 6.68. The Kier molecular flexibility index (Phi) is 4.52. The number of carbonyl (C=O) groups is 1. The number of fused-ring (bicyclic) bond motifs is 1. The molecule has 4 rings (SSSR count). The fourth-order valence-electron chi connectivity index (χ4n) is 3.81. The molecule has 1 aliphatic rings. The molecule has 3 aromatic carbocycles. The Bertz CT molecular complexity index is 942. The van der Waals surface area contributed by atoms with E-state index in [1.54, 1.807) is 4.90 Å². The van der Waals surface area contributed by atoms with Gasteiger partial charge >= 0.3 is 0 Å². The van der Waals surface area contributed by atoms with Gasteiger partial charge in [-0.15, -0.1) is 0 Å². The number of carbonyl (C=O) groups excluding carboxylic acids is 1. The molecule has 27 heavy (non-hydrogen) atoms. The number of amides is 1. The van der Waals surface area contributed by atoms with E-state index in [-0.39, 0.29) is 5.91 Å². The lowest BCUT2D eigenvalue weighted by Gasteiger charge is -2.44. The molecule has 0 aliphatic carbocycles. The molecule has 1 heterocycles. The second-order valence-electron chi connectivity index (χ2n) is 6.68. The van der Waals surface area contributed by atoms with Crippen LogP contribution in [0.2, 0.25) is 0 Å². The number of aliphatic hydroxyl groups is 1. The molecule has 0 saturated carbocycles. The van der Waals surface area contributed by atoms with Crippen molar-refractivity contribution in [1.29, 1.82) is 0 Å². The molecular formula is C23H21NO3. The third kappa shape index (κ3) is 2.83. The molecule has 4 heteroatoms. The highest BCUT2D eigenvalue weighted by molar-refractivity contribution is 6.01. The van der Waals surface area contributed by atoms with E-state index in [0.717, 1.165) is 5.56 Å². The van der Waals surface area contributed by atoms with Crippen LogP contribution in [0.4, 0.5) is 5.69 Å². The fourth-order valence-corrected chi connectivity index (χ4v) is 3.81. The summed E-state index contributed by atoms with van der Waals surface area (Å²) in [4.78, 5) is 15.0. The molecule has 1 aliphatic heterocycles. The summed E-state index contributed by atoms with van der Waals surface area (Å²) >= 11 is 0. The van der Waals surface area contributed by atoms with Crippen LogP contribution in [0.3, 0.4) is 0 Å². The minimum Gasteiger partial charge on any atom is -0.377 e. The zero-order valence-electron chi connectivity index (χ0n) is 15.1. The normalized spacial score (nSPS) is 21.8. The molecule has 0 bridgehead atoms. The first kappa shape index (κ1) is 17.5. The Balaban J connectivity index is 1.88. The van der Waals surface area contributed by atoms with E-state index in [1.807, 2.05) is 84.9 Å². The minimum atomic E-state index is -1.54. The Morgan fingerprint density at radius 1 is 0.926 bits per heavy atom. The van der Waals surface area contributed by atoms with Crippen LogP contribution in [0.25, 0.3) is 0 Å². The highest BCUT2D eigenvalue weighted by atomic mass is 16.5. The van der Waals surface area contributed by atoms with Crippen molar-refractivity contribution >= 4 is 11.6 Å². The van der Waals surface area contributed by atoms with Crippen molar-refractivity contribution in [3.63, 3.8) is 0 Å². The number of hydrogen-bond acceptors (Lipinski definition) is 3. The van der Waals surface area contributed by atoms with Crippen LogP contribution in [0.5, 0.6) is 0 Å². The van der Waals surface area contributed by atoms with Crippen LogP contribution in [0.1, 0.15) is 16.7 Å². The number of rotatable bonds is 4. The average molecular weight is 359 g/mol. The molecule has 2 unspecified atom stereocenters. The summed E-state index contributed by atoms with van der Waals surface area (Å²) in [7, 11) is 1.46. The van der Waals surface area contributed by atoms with Gasteiger partial charge in [0, 0.05) is 12.7 Å². The third-order valence-electron chi connectivity index (χ3n) is 5.11. The molecule has 136 valence electrons. The van der Waals surface area contributed by atoms with Crippen molar-refractivity contribution in [1.82, 2.24) is 0 Å². The molecule has 0 spiro atoms. The smallest absolute Gasteiger partial charge is 0.260 e. The van der Waals surface area contributed by atoms with Crippen molar-refractivity contribution in [2.45, 2.75) is 18.2 Å². The number of ether oxygens (including phenoxy) is 1. The lowest BCUT2D eigenvalue weighted by molar-refractivity contribution is -0.145. The SMILES string of the molecule is COC1C(=O)N(Cc2ccccc2)c2ccccc2C1(O)c1ccccc1. The van der Waals surface area contributed by atoms with E-state index in [4.69, 9.17) is 4.74 Å². The molecule has 4 nitrogen and oxygen atoms in total. The highest BCUT2D eigenvalue weighted by Crippen LogP contribution is 2.44. The Hall–Kier alpha value is -2.95. The number of anilines is 1. The summed E-state index contributed by atoms with van der Waals surface area (Å²) in [6, 6.07) is 26.5. The number of benzene rings is 3. The predicted molar refractivity (Wildman–Crippen MR) is 104 cm³/mol. The number of para-hydroxylation sites is 1. The monoisotopic (exact) mass is 359 g/mol. The van der Waals surface area contributed by atoms with Crippen LogP contribution in [0, 0.1) is 0 Å². The molecule has 3 aromatic rings. The zero-order chi connectivity index (χ0) is 18.9. The maximum Gasteiger partial charge on any atom is 0.260 e. The average Bonchev–Trinajstić information content (AvgIpc) is 2.73. The molecular weight excluding hydrogens is 338 g/mol. The number of hydrogen-bond donors (Lipinski definition) is 1. The van der Waals surface area contributed by atoms with Crippen LogP contribution < -0.4 is 4.90 Å². The fraction of sp³-hybridized carbons (Fsp3) is 0.174. The first-order valence-electron chi connectivity index (χ1n) is 8.91. The van der Waals surface area contributed by atoms with Crippen molar-refractivity contribution in [2.24, 2.45) is 0 Å². The van der Waals surface area contributed by atoms with Gasteiger partial charge < -0.3 is 14.7 Å². The first-order valence-corrected chi connectivity index (χ1v) is 8.91. The summed E-state index contributed by atoms with van der Waals surface area (Å²) in [6.07, 6.45) is -1.03. The molecule has 1 N–H and O–H groups in total. The van der Waals surface area contributed by atoms with E-state index in [9.17, 15) is 9.90 Å². The molecule has 1 amide bonds. The summed E-state index contributed by atoms with van der Waals surface area (Å²) in [5.74, 6) is -0.258. The van der Waals surface area contributed by atoms with E-state index < -0.39 is 11.7 Å². The number of methoxy groups -OCH3 is 1. The van der Waals surface area contributed by atoms with Gasteiger partial charge in [0.05, 0.1) is 12.2 Å². The van der Waals surface area contributed by atoms with Gasteiger partial charge in [0.2, 0.25) is 0 Å². The van der Waals surface area contributed by atoms with Crippen LogP contribution in [-0.2, 0) is 21.7 Å². The van der Waals surface area contributed by atoms with E-state index in [2.05, 4.69) is 0 Å². The predicted octanol–water partition coefficient (Wildman–Crippen LogP) is 3.48. The Morgan fingerprint density at radius 3 is 2.19 bits per heavy atom. The molecule has 0 saturated heterocycles. The second kappa shape index (κ2) is 6.99. The maximum atomic E-state index is 13.4. The van der Waals surface area contributed by atoms with Crippen molar-refractivity contribution < 1.29 is 14.6 Å². The van der Waals surface area contributed by atoms with Gasteiger partial charge in [-0.3, -0.25) is 4.79 Å². The highest BCUT2D eigenvalue weighted by Gasteiger charge is 2.52. The molecule has 0 fully saturated rings.